The van der Waals surface area contributed by atoms with E-state index in [-0.39, 0.29) is 22.1 Å². The Balaban J connectivity index is 2.81. The third-order valence-electron chi connectivity index (χ3n) is 2.51. The number of fused-ring (bicyclic) bond motifs is 1. The van der Waals surface area contributed by atoms with Gasteiger partial charge in [-0.2, -0.15) is 8.42 Å². The van der Waals surface area contributed by atoms with Gasteiger partial charge in [-0.15, -0.1) is 0 Å². The summed E-state index contributed by atoms with van der Waals surface area (Å²) < 4.78 is 34.4. The number of anilines is 1. The maximum atomic E-state index is 10.7. The lowest BCUT2D eigenvalue weighted by atomic mass is 10.1. The van der Waals surface area contributed by atoms with Gasteiger partial charge in [0.05, 0.1) is 10.6 Å². The fraction of sp³-hybridized carbons (Fsp3) is 0. The van der Waals surface area contributed by atoms with Gasteiger partial charge in [-0.3, -0.25) is 14.7 Å². The second-order valence-electron chi connectivity index (χ2n) is 3.81. The Hall–Kier alpha value is -2.59. The summed E-state index contributed by atoms with van der Waals surface area (Å²) in [6.45, 7) is 0. The molecule has 0 saturated carbocycles. The highest BCUT2D eigenvalue weighted by Crippen LogP contribution is 2.39. The van der Waals surface area contributed by atoms with E-state index in [1.165, 1.54) is 6.07 Å². The van der Waals surface area contributed by atoms with Gasteiger partial charge in [-0.1, -0.05) is 0 Å². The zero-order chi connectivity index (χ0) is 15.1. The minimum atomic E-state index is -4.85. The molecule has 10 heteroatoms. The molecule has 9 nitrogen and oxygen atoms in total. The number of rotatable bonds is 3. The van der Waals surface area contributed by atoms with Crippen molar-refractivity contribution in [3.8, 4) is 11.5 Å². The van der Waals surface area contributed by atoms with Crippen LogP contribution >= 0.6 is 0 Å². The number of phenols is 1. The quantitative estimate of drug-likeness (QED) is 0.251. The molecule has 0 aliphatic heterocycles. The van der Waals surface area contributed by atoms with Gasteiger partial charge in [-0.05, 0) is 6.07 Å². The average Bonchev–Trinajstić information content (AvgIpc) is 2.33. The number of hydrogen-bond acceptors (Lipinski definition) is 7. The summed E-state index contributed by atoms with van der Waals surface area (Å²) in [5.41, 5.74) is 5.16. The van der Waals surface area contributed by atoms with Crippen LogP contribution in [0, 0.1) is 10.1 Å². The lowest BCUT2D eigenvalue weighted by Gasteiger charge is -2.09. The number of nitrogens with zero attached hydrogens (tertiary/aromatic N) is 1. The fourth-order valence-electron chi connectivity index (χ4n) is 1.68. The van der Waals surface area contributed by atoms with Crippen LogP contribution in [-0.4, -0.2) is 23.0 Å². The Morgan fingerprint density at radius 3 is 2.45 bits per heavy atom. The molecular formula is C10H8N2O7S. The van der Waals surface area contributed by atoms with Gasteiger partial charge >= 0.3 is 10.4 Å². The summed E-state index contributed by atoms with van der Waals surface area (Å²) in [5.74, 6) is -0.956. The van der Waals surface area contributed by atoms with Crippen molar-refractivity contribution in [2.24, 2.45) is 0 Å². The van der Waals surface area contributed by atoms with Crippen LogP contribution in [0.2, 0.25) is 0 Å². The first kappa shape index (κ1) is 13.8. The van der Waals surface area contributed by atoms with E-state index in [1.807, 2.05) is 0 Å². The van der Waals surface area contributed by atoms with Crippen molar-refractivity contribution in [3.63, 3.8) is 0 Å². The van der Waals surface area contributed by atoms with Gasteiger partial charge in [0.25, 0.3) is 5.69 Å². The molecule has 0 saturated heterocycles. The van der Waals surface area contributed by atoms with Crippen LogP contribution in [0.15, 0.2) is 24.3 Å². The van der Waals surface area contributed by atoms with E-state index in [1.54, 1.807) is 0 Å². The second kappa shape index (κ2) is 4.51. The molecule has 20 heavy (non-hydrogen) atoms. The molecule has 0 aliphatic carbocycles. The molecule has 0 bridgehead atoms. The van der Waals surface area contributed by atoms with Crippen molar-refractivity contribution in [3.05, 3.63) is 34.4 Å². The maximum Gasteiger partial charge on any atom is 0.446 e. The van der Waals surface area contributed by atoms with Crippen molar-refractivity contribution in [1.29, 1.82) is 0 Å². The smallest absolute Gasteiger partial charge is 0.446 e. The van der Waals surface area contributed by atoms with E-state index in [4.69, 9.17) is 10.3 Å². The monoisotopic (exact) mass is 300 g/mol. The van der Waals surface area contributed by atoms with Gasteiger partial charge in [0.2, 0.25) is 0 Å². The summed E-state index contributed by atoms with van der Waals surface area (Å²) in [7, 11) is -4.85. The van der Waals surface area contributed by atoms with E-state index in [9.17, 15) is 23.6 Å². The van der Waals surface area contributed by atoms with Crippen LogP contribution in [0.5, 0.6) is 11.5 Å². The molecule has 0 spiro atoms. The number of non-ortho nitro benzene ring substituents is 1. The number of nitro groups is 1. The standard InChI is InChI=1S/C10H8N2O7S/c11-10-6-2-1-5(12(14)15)3-7(6)9(4-8(10)13)19-20(16,17)18/h1-4,13H,11H2,(H,16,17,18). The summed E-state index contributed by atoms with van der Waals surface area (Å²) in [6, 6.07) is 4.23. The van der Waals surface area contributed by atoms with Crippen molar-refractivity contribution in [2.45, 2.75) is 0 Å². The Morgan fingerprint density at radius 2 is 1.90 bits per heavy atom. The Kier molecular flexibility index (Phi) is 3.12. The van der Waals surface area contributed by atoms with Crippen LogP contribution in [0.25, 0.3) is 10.8 Å². The second-order valence-corrected chi connectivity index (χ2v) is 4.83. The van der Waals surface area contributed by atoms with Crippen LogP contribution in [-0.2, 0) is 10.4 Å². The Labute approximate surface area is 112 Å². The largest absolute Gasteiger partial charge is 0.506 e. The molecule has 0 heterocycles. The SMILES string of the molecule is Nc1c(O)cc(OS(=O)(=O)O)c2cc([N+](=O)[O-])ccc12. The number of benzene rings is 2. The minimum Gasteiger partial charge on any atom is -0.506 e. The number of nitro benzene ring substituents is 1. The van der Waals surface area contributed by atoms with E-state index in [2.05, 4.69) is 4.18 Å². The molecule has 0 aromatic heterocycles. The fourth-order valence-corrected chi connectivity index (χ4v) is 2.05. The molecule has 106 valence electrons. The number of nitrogens with two attached hydrogens (primary N) is 1. The first-order chi connectivity index (χ1) is 9.19. The molecule has 2 aromatic rings. The Bertz CT molecular complexity index is 816. The highest BCUT2D eigenvalue weighted by atomic mass is 32.3. The summed E-state index contributed by atoms with van der Waals surface area (Å²) in [5, 5.41) is 20.4. The van der Waals surface area contributed by atoms with Gasteiger partial charge in [0.1, 0.15) is 5.75 Å². The highest BCUT2D eigenvalue weighted by Gasteiger charge is 2.18. The van der Waals surface area contributed by atoms with Gasteiger partial charge < -0.3 is 15.0 Å². The lowest BCUT2D eigenvalue weighted by Crippen LogP contribution is -2.07. The van der Waals surface area contributed by atoms with Crippen LogP contribution in [0.1, 0.15) is 0 Å². The first-order valence-electron chi connectivity index (χ1n) is 5.05. The van der Waals surface area contributed by atoms with Gasteiger partial charge in [0, 0.05) is 29.0 Å². The number of phenolic OH excluding ortho intramolecular Hbond substituents is 1. The Morgan fingerprint density at radius 1 is 1.25 bits per heavy atom. The first-order valence-corrected chi connectivity index (χ1v) is 6.42. The third-order valence-corrected chi connectivity index (χ3v) is 2.90. The van der Waals surface area contributed by atoms with Crippen molar-refractivity contribution < 1.29 is 27.2 Å². The third kappa shape index (κ3) is 2.55. The molecule has 0 atom stereocenters. The van der Waals surface area contributed by atoms with Crippen molar-refractivity contribution >= 4 is 32.5 Å². The molecule has 0 radical (unpaired) electrons. The summed E-state index contributed by atoms with van der Waals surface area (Å²) >= 11 is 0. The average molecular weight is 300 g/mol. The van der Waals surface area contributed by atoms with Crippen molar-refractivity contribution in [1.82, 2.24) is 0 Å². The topological polar surface area (TPSA) is 153 Å². The molecule has 0 amide bonds. The molecule has 0 fully saturated rings. The number of aromatic hydroxyl groups is 1. The molecule has 0 unspecified atom stereocenters. The van der Waals surface area contributed by atoms with Crippen LogP contribution in [0.3, 0.4) is 0 Å². The summed E-state index contributed by atoms with van der Waals surface area (Å²) in [4.78, 5) is 10.0. The van der Waals surface area contributed by atoms with E-state index < -0.39 is 26.8 Å². The zero-order valence-electron chi connectivity index (χ0n) is 9.68. The van der Waals surface area contributed by atoms with Crippen LogP contribution < -0.4 is 9.92 Å². The predicted octanol–water partition coefficient (Wildman–Crippen LogP) is 1.22. The molecule has 4 N–H and O–H groups in total. The van der Waals surface area contributed by atoms with Gasteiger partial charge in [0.15, 0.2) is 5.75 Å². The normalized spacial score (nSPS) is 11.4. The predicted molar refractivity (Wildman–Crippen MR) is 68.9 cm³/mol. The minimum absolute atomic E-state index is 0.0351. The number of hydrogen-bond donors (Lipinski definition) is 3. The molecule has 2 aromatic carbocycles. The maximum absolute atomic E-state index is 10.7. The van der Waals surface area contributed by atoms with E-state index in [0.717, 1.165) is 18.2 Å². The summed E-state index contributed by atoms with van der Waals surface area (Å²) in [6.07, 6.45) is 0. The molecule has 2 rings (SSSR count). The molecule has 0 aliphatic rings. The van der Waals surface area contributed by atoms with E-state index in [0.29, 0.717) is 0 Å². The lowest BCUT2D eigenvalue weighted by molar-refractivity contribution is -0.384. The van der Waals surface area contributed by atoms with Crippen molar-refractivity contribution in [2.75, 3.05) is 5.73 Å². The molecular weight excluding hydrogens is 292 g/mol. The van der Waals surface area contributed by atoms with Crippen LogP contribution in [0.4, 0.5) is 11.4 Å². The zero-order valence-corrected chi connectivity index (χ0v) is 10.5. The highest BCUT2D eigenvalue weighted by molar-refractivity contribution is 7.81. The van der Waals surface area contributed by atoms with Gasteiger partial charge in [-0.25, -0.2) is 0 Å². The number of nitrogen functional groups attached to an aromatic ring is 1. The van der Waals surface area contributed by atoms with E-state index >= 15 is 0 Å².